The number of rotatable bonds is 6. The van der Waals surface area contributed by atoms with Crippen LogP contribution in [0.2, 0.25) is 5.02 Å². The summed E-state index contributed by atoms with van der Waals surface area (Å²) < 4.78 is 50.5. The maximum atomic E-state index is 13.9. The molecule has 3 rings (SSSR count). The first-order valence-electron chi connectivity index (χ1n) is 10.4. The number of sulfone groups is 1. The third-order valence-corrected chi connectivity index (χ3v) is 8.15. The Hall–Kier alpha value is -1.74. The van der Waals surface area contributed by atoms with Gasteiger partial charge in [-0.2, -0.15) is 0 Å². The molecule has 32 heavy (non-hydrogen) atoms. The van der Waals surface area contributed by atoms with Crippen molar-refractivity contribution in [3.8, 4) is 0 Å². The lowest BCUT2D eigenvalue weighted by Gasteiger charge is -2.32. The van der Waals surface area contributed by atoms with Gasteiger partial charge in [-0.3, -0.25) is 4.79 Å². The van der Waals surface area contributed by atoms with E-state index in [4.69, 9.17) is 20.9 Å². The molecule has 2 aromatic carbocycles. The highest BCUT2D eigenvalue weighted by molar-refractivity contribution is 7.90. The lowest BCUT2D eigenvalue weighted by Crippen LogP contribution is -2.41. The van der Waals surface area contributed by atoms with E-state index in [0.29, 0.717) is 16.6 Å². The van der Waals surface area contributed by atoms with Crippen molar-refractivity contribution < 1.29 is 26.9 Å². The fraction of sp³-hybridized carbons (Fsp3) is 0.435. The molecule has 9 heteroatoms. The molecule has 1 fully saturated rings. The van der Waals surface area contributed by atoms with Crippen LogP contribution < -0.4 is 5.46 Å². The van der Waals surface area contributed by atoms with E-state index >= 15 is 0 Å². The Morgan fingerprint density at radius 1 is 1.06 bits per heavy atom. The summed E-state index contributed by atoms with van der Waals surface area (Å²) in [5, 5.41) is -0.00407. The topological polar surface area (TPSA) is 69.7 Å². The fourth-order valence-corrected chi connectivity index (χ4v) is 4.53. The van der Waals surface area contributed by atoms with Crippen LogP contribution in [0.25, 0.3) is 0 Å². The van der Waals surface area contributed by atoms with Crippen molar-refractivity contribution in [1.82, 2.24) is 0 Å². The maximum Gasteiger partial charge on any atom is 0.495 e. The number of benzene rings is 2. The predicted octanol–water partition coefficient (Wildman–Crippen LogP) is 4.25. The lowest BCUT2D eigenvalue weighted by molar-refractivity contribution is 0.00578. The minimum absolute atomic E-state index is 0.00394. The molecule has 5 nitrogen and oxygen atoms in total. The van der Waals surface area contributed by atoms with Crippen molar-refractivity contribution in [3.05, 3.63) is 63.4 Å². The molecule has 2 aromatic rings. The first-order chi connectivity index (χ1) is 14.7. The van der Waals surface area contributed by atoms with Gasteiger partial charge in [-0.1, -0.05) is 36.7 Å². The summed E-state index contributed by atoms with van der Waals surface area (Å²) in [4.78, 5) is 13.4. The smallest absolute Gasteiger partial charge is 0.399 e. The highest BCUT2D eigenvalue weighted by Crippen LogP contribution is 2.37. The van der Waals surface area contributed by atoms with Crippen molar-refractivity contribution in [2.75, 3.05) is 5.75 Å². The summed E-state index contributed by atoms with van der Waals surface area (Å²) in [6.07, 6.45) is 0. The van der Waals surface area contributed by atoms with Crippen molar-refractivity contribution in [2.45, 2.75) is 58.5 Å². The molecule has 0 N–H and O–H groups in total. The summed E-state index contributed by atoms with van der Waals surface area (Å²) in [5.74, 6) is -1.09. The van der Waals surface area contributed by atoms with Gasteiger partial charge in [-0.05, 0) is 63.3 Å². The van der Waals surface area contributed by atoms with Gasteiger partial charge in [0.25, 0.3) is 0 Å². The van der Waals surface area contributed by atoms with Gasteiger partial charge in [0.2, 0.25) is 0 Å². The van der Waals surface area contributed by atoms with Crippen LogP contribution in [0.15, 0.2) is 30.3 Å². The quantitative estimate of drug-likeness (QED) is 0.457. The summed E-state index contributed by atoms with van der Waals surface area (Å²) >= 11 is 6.18. The maximum absolute atomic E-state index is 13.9. The number of carbonyl (C=O) groups excluding carboxylic acids is 1. The highest BCUT2D eigenvalue weighted by Gasteiger charge is 2.52. The van der Waals surface area contributed by atoms with Crippen LogP contribution in [0.1, 0.15) is 61.7 Å². The molecule has 172 valence electrons. The number of hydrogen-bond donors (Lipinski definition) is 0. The Balaban J connectivity index is 2.14. The van der Waals surface area contributed by atoms with Gasteiger partial charge in [0, 0.05) is 16.9 Å². The minimum Gasteiger partial charge on any atom is -0.399 e. The second-order valence-corrected chi connectivity index (χ2v) is 11.9. The van der Waals surface area contributed by atoms with Crippen molar-refractivity contribution in [2.24, 2.45) is 0 Å². The molecule has 1 heterocycles. The van der Waals surface area contributed by atoms with Gasteiger partial charge in [0.05, 0.1) is 22.0 Å². The Kier molecular flexibility index (Phi) is 6.66. The van der Waals surface area contributed by atoms with E-state index in [0.717, 1.165) is 6.07 Å². The highest BCUT2D eigenvalue weighted by atomic mass is 35.5. The average molecular weight is 481 g/mol. The van der Waals surface area contributed by atoms with Crippen molar-refractivity contribution in [3.63, 3.8) is 0 Å². The van der Waals surface area contributed by atoms with Crippen LogP contribution in [0, 0.1) is 12.7 Å². The molecule has 0 atom stereocenters. The molecule has 0 aromatic heterocycles. The van der Waals surface area contributed by atoms with E-state index in [1.54, 1.807) is 32.0 Å². The average Bonchev–Trinajstić information content (AvgIpc) is 2.91. The molecular formula is C23H27BClFO5S. The molecule has 0 unspecified atom stereocenters. The summed E-state index contributed by atoms with van der Waals surface area (Å²) in [6.45, 7) is 10.7. The van der Waals surface area contributed by atoms with E-state index in [-0.39, 0.29) is 27.7 Å². The van der Waals surface area contributed by atoms with E-state index < -0.39 is 39.8 Å². The normalized spacial score (nSPS) is 17.6. The standard InChI is InChI=1S/C23H27BClFO5S/c1-7-32(28,29)13-15-8-9-16(21(27)17-10-14(2)20(26)12-19(17)25)18(11-15)24-30-22(3,4)23(5,6)31-24/h8-12H,7,13H2,1-6H3. The Bertz CT molecular complexity index is 1160. The summed E-state index contributed by atoms with van der Waals surface area (Å²) in [6, 6.07) is 7.30. The zero-order valence-electron chi connectivity index (χ0n) is 19.1. The molecule has 0 radical (unpaired) electrons. The summed E-state index contributed by atoms with van der Waals surface area (Å²) in [5.41, 5.74) is 0.318. The zero-order chi connectivity index (χ0) is 24.1. The lowest BCUT2D eigenvalue weighted by atomic mass is 9.73. The van der Waals surface area contributed by atoms with Gasteiger partial charge in [0.1, 0.15) is 5.82 Å². The van der Waals surface area contributed by atoms with Crippen LogP contribution in [-0.4, -0.2) is 38.3 Å². The van der Waals surface area contributed by atoms with E-state index in [9.17, 15) is 17.6 Å². The molecule has 0 saturated carbocycles. The molecule has 0 amide bonds. The van der Waals surface area contributed by atoms with E-state index in [1.165, 1.54) is 6.07 Å². The third kappa shape index (κ3) is 4.79. The van der Waals surface area contributed by atoms with Crippen molar-refractivity contribution >= 4 is 39.8 Å². The van der Waals surface area contributed by atoms with Gasteiger partial charge in [-0.15, -0.1) is 0 Å². The fourth-order valence-electron chi connectivity index (χ4n) is 3.41. The number of aryl methyl sites for hydroxylation is 1. The Morgan fingerprint density at radius 3 is 2.22 bits per heavy atom. The number of ketones is 1. The van der Waals surface area contributed by atoms with Crippen LogP contribution in [0.4, 0.5) is 4.39 Å². The minimum atomic E-state index is -3.29. The van der Waals surface area contributed by atoms with Crippen LogP contribution >= 0.6 is 11.6 Å². The third-order valence-electron chi connectivity index (χ3n) is 6.19. The van der Waals surface area contributed by atoms with Gasteiger partial charge >= 0.3 is 7.12 Å². The molecule has 1 saturated heterocycles. The molecule has 0 bridgehead atoms. The first kappa shape index (κ1) is 24.9. The van der Waals surface area contributed by atoms with Gasteiger partial charge in [0.15, 0.2) is 15.6 Å². The molecular weight excluding hydrogens is 454 g/mol. The SMILES string of the molecule is CCS(=O)(=O)Cc1ccc(C(=O)c2cc(C)c(F)cc2Cl)c(B2OC(C)(C)C(C)(C)O2)c1. The van der Waals surface area contributed by atoms with Crippen LogP contribution in [0.5, 0.6) is 0 Å². The summed E-state index contributed by atoms with van der Waals surface area (Å²) in [7, 11) is -4.18. The monoisotopic (exact) mass is 480 g/mol. The van der Waals surface area contributed by atoms with Crippen LogP contribution in [-0.2, 0) is 24.9 Å². The Labute approximate surface area is 194 Å². The molecule has 0 aliphatic carbocycles. The van der Waals surface area contributed by atoms with E-state index in [1.807, 2.05) is 27.7 Å². The largest absolute Gasteiger partial charge is 0.495 e. The predicted molar refractivity (Wildman–Crippen MR) is 125 cm³/mol. The Morgan fingerprint density at radius 2 is 1.66 bits per heavy atom. The van der Waals surface area contributed by atoms with Crippen LogP contribution in [0.3, 0.4) is 0 Å². The van der Waals surface area contributed by atoms with Crippen molar-refractivity contribution in [1.29, 1.82) is 0 Å². The zero-order valence-corrected chi connectivity index (χ0v) is 20.7. The molecule has 1 aliphatic rings. The number of carbonyl (C=O) groups is 1. The number of hydrogen-bond acceptors (Lipinski definition) is 5. The molecule has 1 aliphatic heterocycles. The van der Waals surface area contributed by atoms with Gasteiger partial charge in [-0.25, -0.2) is 12.8 Å². The second-order valence-electron chi connectivity index (χ2n) is 9.10. The molecule has 0 spiro atoms. The van der Waals surface area contributed by atoms with Gasteiger partial charge < -0.3 is 9.31 Å². The first-order valence-corrected chi connectivity index (χ1v) is 12.6. The second kappa shape index (κ2) is 8.56. The van der Waals surface area contributed by atoms with E-state index in [2.05, 4.69) is 0 Å². The number of halogens is 2.